The van der Waals surface area contributed by atoms with E-state index >= 15 is 0 Å². The number of hydrogen-bond acceptors (Lipinski definition) is 3. The third-order valence-electron chi connectivity index (χ3n) is 2.44. The molecule has 0 aliphatic carbocycles. The number of aromatic nitrogens is 1. The van der Waals surface area contributed by atoms with Gasteiger partial charge in [-0.15, -0.1) is 0 Å². The summed E-state index contributed by atoms with van der Waals surface area (Å²) in [6.07, 6.45) is 2.37. The summed E-state index contributed by atoms with van der Waals surface area (Å²) in [6, 6.07) is 8.42. The molecule has 1 heterocycles. The first-order valence-corrected chi connectivity index (χ1v) is 5.40. The molecule has 0 saturated heterocycles. The molecule has 0 aliphatic rings. The quantitative estimate of drug-likeness (QED) is 0.868. The number of anilines is 1. The van der Waals surface area contributed by atoms with E-state index in [2.05, 4.69) is 10.3 Å². The Balaban J connectivity index is 2.19. The van der Waals surface area contributed by atoms with Crippen molar-refractivity contribution in [1.29, 1.82) is 0 Å². The molecule has 0 saturated carbocycles. The largest absolute Gasteiger partial charge is 0.326 e. The lowest BCUT2D eigenvalue weighted by Gasteiger charge is -2.07. The van der Waals surface area contributed by atoms with Crippen LogP contribution in [0.15, 0.2) is 42.7 Å². The van der Waals surface area contributed by atoms with Gasteiger partial charge in [-0.25, -0.2) is 4.39 Å². The second-order valence-electron chi connectivity index (χ2n) is 3.71. The summed E-state index contributed by atoms with van der Waals surface area (Å²) >= 11 is 0. The van der Waals surface area contributed by atoms with Crippen LogP contribution in [-0.4, -0.2) is 10.9 Å². The number of halogens is 1. The monoisotopic (exact) mass is 245 g/mol. The Hall–Kier alpha value is -2.27. The molecular weight excluding hydrogens is 233 g/mol. The first kappa shape index (κ1) is 12.2. The topological polar surface area (TPSA) is 68.0 Å². The molecule has 5 heteroatoms. The van der Waals surface area contributed by atoms with Gasteiger partial charge < -0.3 is 11.1 Å². The number of rotatable bonds is 3. The van der Waals surface area contributed by atoms with Crippen LogP contribution in [0.2, 0.25) is 0 Å². The van der Waals surface area contributed by atoms with Crippen LogP contribution in [0.5, 0.6) is 0 Å². The fourth-order valence-electron chi connectivity index (χ4n) is 1.53. The van der Waals surface area contributed by atoms with E-state index < -0.39 is 11.7 Å². The summed E-state index contributed by atoms with van der Waals surface area (Å²) in [6.45, 7) is 0.382. The highest BCUT2D eigenvalue weighted by Crippen LogP contribution is 2.13. The highest BCUT2D eigenvalue weighted by Gasteiger charge is 2.11. The number of carbonyl (C=O) groups is 1. The number of pyridine rings is 1. The van der Waals surface area contributed by atoms with Crippen molar-refractivity contribution in [2.45, 2.75) is 6.54 Å². The summed E-state index contributed by atoms with van der Waals surface area (Å²) in [5.74, 6) is -1.16. The molecule has 3 N–H and O–H groups in total. The predicted molar refractivity (Wildman–Crippen MR) is 66.5 cm³/mol. The first-order chi connectivity index (χ1) is 8.70. The molecule has 0 spiro atoms. The highest BCUT2D eigenvalue weighted by atomic mass is 19.1. The number of nitrogens with one attached hydrogen (secondary N) is 1. The molecule has 0 bridgehead atoms. The Morgan fingerprint density at radius 2 is 2.22 bits per heavy atom. The van der Waals surface area contributed by atoms with Crippen LogP contribution in [-0.2, 0) is 6.54 Å². The van der Waals surface area contributed by atoms with Crippen LogP contribution in [0, 0.1) is 5.82 Å². The van der Waals surface area contributed by atoms with Gasteiger partial charge in [0.2, 0.25) is 0 Å². The number of benzene rings is 1. The van der Waals surface area contributed by atoms with Crippen LogP contribution in [0.4, 0.5) is 10.1 Å². The number of nitrogens with zero attached hydrogens (tertiary/aromatic N) is 1. The maximum absolute atomic E-state index is 13.3. The maximum Gasteiger partial charge on any atom is 0.258 e. The molecule has 2 rings (SSSR count). The van der Waals surface area contributed by atoms with Gasteiger partial charge in [-0.05, 0) is 23.8 Å². The molecule has 1 aromatic carbocycles. The van der Waals surface area contributed by atoms with E-state index in [9.17, 15) is 9.18 Å². The Morgan fingerprint density at radius 1 is 1.39 bits per heavy atom. The van der Waals surface area contributed by atoms with Crippen LogP contribution in [0.25, 0.3) is 0 Å². The lowest BCUT2D eigenvalue weighted by molar-refractivity contribution is 0.102. The second kappa shape index (κ2) is 5.37. The van der Waals surface area contributed by atoms with Gasteiger partial charge in [-0.1, -0.05) is 12.1 Å². The second-order valence-corrected chi connectivity index (χ2v) is 3.71. The minimum absolute atomic E-state index is 0.0387. The summed E-state index contributed by atoms with van der Waals surface area (Å²) in [5, 5.41) is 2.61. The Kier molecular flexibility index (Phi) is 3.64. The standard InChI is InChI=1S/C13H12FN3O/c14-12-8-16-5-4-11(12)13(18)17-10-3-1-2-9(6-10)7-15/h1-6,8H,7,15H2,(H,17,18). The van der Waals surface area contributed by atoms with Crippen molar-refractivity contribution in [1.82, 2.24) is 4.98 Å². The smallest absolute Gasteiger partial charge is 0.258 e. The van der Waals surface area contributed by atoms with Crippen molar-refractivity contribution in [3.8, 4) is 0 Å². The van der Waals surface area contributed by atoms with E-state index in [1.54, 1.807) is 18.2 Å². The third-order valence-corrected chi connectivity index (χ3v) is 2.44. The van der Waals surface area contributed by atoms with Crippen molar-refractivity contribution in [2.75, 3.05) is 5.32 Å². The molecule has 0 aliphatic heterocycles. The van der Waals surface area contributed by atoms with E-state index in [4.69, 9.17) is 5.73 Å². The van der Waals surface area contributed by atoms with Crippen LogP contribution in [0.1, 0.15) is 15.9 Å². The van der Waals surface area contributed by atoms with Gasteiger partial charge in [0.15, 0.2) is 5.82 Å². The summed E-state index contributed by atoms with van der Waals surface area (Å²) in [4.78, 5) is 15.4. The van der Waals surface area contributed by atoms with Gasteiger partial charge in [-0.2, -0.15) is 0 Å². The molecule has 4 nitrogen and oxygen atoms in total. The number of hydrogen-bond donors (Lipinski definition) is 2. The van der Waals surface area contributed by atoms with Crippen molar-refractivity contribution in [3.63, 3.8) is 0 Å². The fraction of sp³-hybridized carbons (Fsp3) is 0.0769. The minimum Gasteiger partial charge on any atom is -0.326 e. The zero-order valence-electron chi connectivity index (χ0n) is 9.56. The molecule has 0 atom stereocenters. The zero-order valence-corrected chi connectivity index (χ0v) is 9.56. The summed E-state index contributed by atoms with van der Waals surface area (Å²) in [5.41, 5.74) is 6.94. The number of amides is 1. The first-order valence-electron chi connectivity index (χ1n) is 5.40. The molecule has 92 valence electrons. The van der Waals surface area contributed by atoms with Gasteiger partial charge in [0.1, 0.15) is 0 Å². The van der Waals surface area contributed by atoms with Gasteiger partial charge in [-0.3, -0.25) is 9.78 Å². The minimum atomic E-state index is -0.648. The lowest BCUT2D eigenvalue weighted by Crippen LogP contribution is -2.14. The molecule has 1 aromatic heterocycles. The normalized spacial score (nSPS) is 10.1. The molecule has 0 radical (unpaired) electrons. The van der Waals surface area contributed by atoms with E-state index in [1.807, 2.05) is 6.07 Å². The van der Waals surface area contributed by atoms with Gasteiger partial charge in [0, 0.05) is 18.4 Å². The van der Waals surface area contributed by atoms with Gasteiger partial charge in [0.25, 0.3) is 5.91 Å². The van der Waals surface area contributed by atoms with Crippen molar-refractivity contribution in [3.05, 3.63) is 59.7 Å². The lowest BCUT2D eigenvalue weighted by atomic mass is 10.2. The molecule has 0 fully saturated rings. The van der Waals surface area contributed by atoms with Crippen LogP contribution >= 0.6 is 0 Å². The van der Waals surface area contributed by atoms with Gasteiger partial charge >= 0.3 is 0 Å². The average Bonchev–Trinajstić information content (AvgIpc) is 2.39. The summed E-state index contributed by atoms with van der Waals surface area (Å²) < 4.78 is 13.3. The highest BCUT2D eigenvalue weighted by molar-refractivity contribution is 6.04. The van der Waals surface area contributed by atoms with E-state index in [0.29, 0.717) is 12.2 Å². The SMILES string of the molecule is NCc1cccc(NC(=O)c2ccncc2F)c1. The van der Waals surface area contributed by atoms with E-state index in [0.717, 1.165) is 11.8 Å². The van der Waals surface area contributed by atoms with E-state index in [-0.39, 0.29) is 5.56 Å². The van der Waals surface area contributed by atoms with E-state index in [1.165, 1.54) is 12.3 Å². The Labute approximate surface area is 104 Å². The number of nitrogens with two attached hydrogens (primary N) is 1. The van der Waals surface area contributed by atoms with Gasteiger partial charge in [0.05, 0.1) is 11.8 Å². The van der Waals surface area contributed by atoms with Crippen LogP contribution in [0.3, 0.4) is 0 Å². The molecule has 1 amide bonds. The van der Waals surface area contributed by atoms with Crippen molar-refractivity contribution < 1.29 is 9.18 Å². The average molecular weight is 245 g/mol. The summed E-state index contributed by atoms with van der Waals surface area (Å²) in [7, 11) is 0. The maximum atomic E-state index is 13.3. The van der Waals surface area contributed by atoms with Crippen LogP contribution < -0.4 is 11.1 Å². The van der Waals surface area contributed by atoms with Crippen molar-refractivity contribution in [2.24, 2.45) is 5.73 Å². The molecule has 18 heavy (non-hydrogen) atoms. The molecular formula is C13H12FN3O. The molecule has 2 aromatic rings. The third kappa shape index (κ3) is 2.70. The Morgan fingerprint density at radius 3 is 2.94 bits per heavy atom. The van der Waals surface area contributed by atoms with Crippen molar-refractivity contribution >= 4 is 11.6 Å². The Bertz CT molecular complexity index is 572. The molecule has 0 unspecified atom stereocenters. The fourth-order valence-corrected chi connectivity index (χ4v) is 1.53. The zero-order chi connectivity index (χ0) is 13.0. The predicted octanol–water partition coefficient (Wildman–Crippen LogP) is 1.93. The number of carbonyl (C=O) groups excluding carboxylic acids is 1.